The third-order valence-corrected chi connectivity index (χ3v) is 17.9. The number of rotatable bonds is 7. The van der Waals surface area contributed by atoms with Gasteiger partial charge in [-0.25, -0.2) is 0 Å². The van der Waals surface area contributed by atoms with Crippen LogP contribution in [-0.2, 0) is 33.2 Å². The first-order valence-electron chi connectivity index (χ1n) is 23.3. The molecule has 9 aliphatic rings. The van der Waals surface area contributed by atoms with Gasteiger partial charge in [0.2, 0.25) is 0 Å². The number of hydrogen-bond acceptors (Lipinski definition) is 16. The quantitative estimate of drug-likeness (QED) is 0.161. The Morgan fingerprint density at radius 3 is 2.07 bits per heavy atom. The number of nitrogens with one attached hydrogen (secondary N) is 1. The zero-order chi connectivity index (χ0) is 43.5. The molecule has 4 aliphatic carbocycles. The zero-order valence-corrected chi connectivity index (χ0v) is 36.6. The molecule has 0 radical (unpaired) electrons. The molecule has 348 valence electrons. The van der Waals surface area contributed by atoms with Crippen LogP contribution in [0.2, 0.25) is 0 Å². The number of piperidine rings is 1. The first kappa shape index (κ1) is 45.3. The van der Waals surface area contributed by atoms with Crippen molar-refractivity contribution in [3.63, 3.8) is 0 Å². The molecule has 26 atom stereocenters. The molecule has 5 aliphatic heterocycles. The molecule has 61 heavy (non-hydrogen) atoms. The van der Waals surface area contributed by atoms with E-state index in [1.165, 1.54) is 38.7 Å². The topological polar surface area (TPSA) is 238 Å². The van der Waals surface area contributed by atoms with Crippen LogP contribution >= 0.6 is 0 Å². The lowest BCUT2D eigenvalue weighted by Crippen LogP contribution is -2.66. The van der Waals surface area contributed by atoms with E-state index in [2.05, 4.69) is 39.1 Å². The van der Waals surface area contributed by atoms with Gasteiger partial charge < -0.3 is 74.0 Å². The molecule has 3 saturated carbocycles. The number of aliphatic hydroxyl groups excluding tert-OH is 8. The molecule has 16 heteroatoms. The molecular formula is C45H73NO15. The van der Waals surface area contributed by atoms with Crippen molar-refractivity contribution in [2.75, 3.05) is 13.2 Å². The van der Waals surface area contributed by atoms with E-state index in [-0.39, 0.29) is 22.7 Å². The van der Waals surface area contributed by atoms with Crippen LogP contribution in [0, 0.1) is 46.3 Å². The van der Waals surface area contributed by atoms with Gasteiger partial charge in [0.1, 0.15) is 66.8 Å². The summed E-state index contributed by atoms with van der Waals surface area (Å²) >= 11 is 0. The molecule has 9 N–H and O–H groups in total. The van der Waals surface area contributed by atoms with Crippen LogP contribution < -0.4 is 5.32 Å². The zero-order valence-electron chi connectivity index (χ0n) is 36.6. The number of ether oxygens (including phenoxy) is 7. The van der Waals surface area contributed by atoms with E-state index in [4.69, 9.17) is 33.2 Å². The lowest BCUT2D eigenvalue weighted by atomic mass is 9.47. The number of allylic oxidation sites excluding steroid dienone is 1. The summed E-state index contributed by atoms with van der Waals surface area (Å²) in [6.45, 7) is 13.2. The Morgan fingerprint density at radius 1 is 0.705 bits per heavy atom. The maximum Gasteiger partial charge on any atom is 0.187 e. The Kier molecular flexibility index (Phi) is 12.4. The number of hydrogen-bond donors (Lipinski definition) is 9. The first-order chi connectivity index (χ1) is 28.9. The van der Waals surface area contributed by atoms with Crippen LogP contribution in [-0.4, -0.2) is 164 Å². The second-order valence-electron chi connectivity index (χ2n) is 21.2. The average Bonchev–Trinajstić information content (AvgIpc) is 3.69. The highest BCUT2D eigenvalue weighted by atomic mass is 16.8. The minimum Gasteiger partial charge on any atom is -0.394 e. The average molecular weight is 868 g/mol. The standard InChI is InChI=1S/C45H73NO15/c1-19-9-14-45(46-17-19)20(2)30-28(61-45)16-27-25-8-7-23-15-24(10-12-43(23,5)26(25)11-13-44(27,30)6)57-41-37(54)35(52)38(29(18-47)58-41)59-42-39(34(51)32(49)22(4)56-42)60-40-36(53)33(50)31(48)21(3)55-40/h7,19-22,24-42,46-54H,8-18H2,1-6H3/t19-,20-,21+,22+,24+,25-,26-,27+,28-,29+,30-,31+,32+,33-,34-,35+,36+,37+,38+,39+,40-,41+,42-,43+,44-,45+/m1/s1. The third kappa shape index (κ3) is 7.42. The van der Waals surface area contributed by atoms with Crippen molar-refractivity contribution in [3.05, 3.63) is 11.6 Å². The van der Waals surface area contributed by atoms with E-state index in [9.17, 15) is 40.9 Å². The molecule has 0 aromatic heterocycles. The molecule has 5 saturated heterocycles. The fourth-order valence-corrected chi connectivity index (χ4v) is 14.2. The van der Waals surface area contributed by atoms with Gasteiger partial charge in [-0.3, -0.25) is 5.32 Å². The van der Waals surface area contributed by atoms with Gasteiger partial charge in [0.05, 0.1) is 31.0 Å². The van der Waals surface area contributed by atoms with Crippen LogP contribution in [0.25, 0.3) is 0 Å². The van der Waals surface area contributed by atoms with Crippen LogP contribution in [0.3, 0.4) is 0 Å². The maximum atomic E-state index is 11.5. The normalized spacial score (nSPS) is 58.4. The van der Waals surface area contributed by atoms with E-state index in [0.717, 1.165) is 38.6 Å². The van der Waals surface area contributed by atoms with Gasteiger partial charge in [-0.2, -0.15) is 0 Å². The molecule has 1 spiro atoms. The van der Waals surface area contributed by atoms with Crippen LogP contribution in [0.4, 0.5) is 0 Å². The Balaban J connectivity index is 0.843. The fraction of sp³-hybridized carbons (Fsp3) is 0.956. The smallest absolute Gasteiger partial charge is 0.187 e. The van der Waals surface area contributed by atoms with Gasteiger partial charge in [0.15, 0.2) is 18.9 Å². The first-order valence-corrected chi connectivity index (χ1v) is 23.3. The minimum absolute atomic E-state index is 0.0389. The molecule has 0 bridgehead atoms. The van der Waals surface area contributed by atoms with Crippen LogP contribution in [0.1, 0.15) is 99.3 Å². The summed E-state index contributed by atoms with van der Waals surface area (Å²) in [6.07, 6.45) is -9.80. The van der Waals surface area contributed by atoms with E-state index < -0.39 is 98.7 Å². The van der Waals surface area contributed by atoms with Crippen molar-refractivity contribution in [2.24, 2.45) is 46.3 Å². The van der Waals surface area contributed by atoms with Crippen molar-refractivity contribution in [1.82, 2.24) is 5.32 Å². The van der Waals surface area contributed by atoms with Crippen molar-refractivity contribution >= 4 is 0 Å². The molecule has 0 aromatic carbocycles. The lowest BCUT2D eigenvalue weighted by molar-refractivity contribution is -0.386. The Morgan fingerprint density at radius 2 is 1.36 bits per heavy atom. The molecule has 0 amide bonds. The Hall–Kier alpha value is -0.900. The number of aliphatic hydroxyl groups is 8. The van der Waals surface area contributed by atoms with Crippen molar-refractivity contribution in [1.29, 1.82) is 0 Å². The minimum atomic E-state index is -1.73. The van der Waals surface area contributed by atoms with Crippen molar-refractivity contribution in [2.45, 2.75) is 209 Å². The van der Waals surface area contributed by atoms with Gasteiger partial charge in [0, 0.05) is 12.5 Å². The third-order valence-electron chi connectivity index (χ3n) is 17.9. The van der Waals surface area contributed by atoms with Gasteiger partial charge in [-0.1, -0.05) is 39.3 Å². The van der Waals surface area contributed by atoms with Gasteiger partial charge in [0.25, 0.3) is 0 Å². The summed E-state index contributed by atoms with van der Waals surface area (Å²) in [5.74, 6) is 3.55. The monoisotopic (exact) mass is 867 g/mol. The van der Waals surface area contributed by atoms with E-state index >= 15 is 0 Å². The second kappa shape index (κ2) is 16.8. The summed E-state index contributed by atoms with van der Waals surface area (Å²) in [6, 6.07) is 0. The SMILES string of the molecule is C[C@@H]1CC[C@]2(NC1)O[C@@H]1C[C@H]3[C@@H]4CC=C5C[C@@H](O[C@H]6O[C@@H](CO)[C@H](O[C@H]7O[C@@H](C)[C@H](O)[C@@H](O)[C@@H]7O[C@H]7O[C@@H](C)[C@H](O)[C@@H](O)[C@@H]7O)[C@@H](O)[C@@H]6O)CC[C@]5(C)[C@@H]4CC[C@@]3(C)[C@@H]1[C@H]2C. The van der Waals surface area contributed by atoms with E-state index in [1.807, 2.05) is 0 Å². The predicted octanol–water partition coefficient (Wildman–Crippen LogP) is 0.815. The fourth-order valence-electron chi connectivity index (χ4n) is 14.2. The molecule has 0 aromatic rings. The Labute approximate surface area is 359 Å². The highest BCUT2D eigenvalue weighted by Crippen LogP contribution is 2.70. The van der Waals surface area contributed by atoms with Crippen molar-refractivity contribution < 1.29 is 74.0 Å². The van der Waals surface area contributed by atoms with E-state index in [0.29, 0.717) is 48.0 Å². The number of fused-ring (bicyclic) bond motifs is 7. The molecule has 16 nitrogen and oxygen atoms in total. The molecule has 9 rings (SSSR count). The van der Waals surface area contributed by atoms with E-state index in [1.54, 1.807) is 0 Å². The molecule has 8 fully saturated rings. The largest absolute Gasteiger partial charge is 0.394 e. The van der Waals surface area contributed by atoms with Crippen molar-refractivity contribution in [3.8, 4) is 0 Å². The predicted molar refractivity (Wildman–Crippen MR) is 215 cm³/mol. The summed E-state index contributed by atoms with van der Waals surface area (Å²) < 4.78 is 43.0. The van der Waals surface area contributed by atoms with Crippen LogP contribution in [0.5, 0.6) is 0 Å². The summed E-state index contributed by atoms with van der Waals surface area (Å²) in [4.78, 5) is 0. The second-order valence-corrected chi connectivity index (χ2v) is 21.2. The van der Waals surface area contributed by atoms with Crippen LogP contribution in [0.15, 0.2) is 11.6 Å². The lowest BCUT2D eigenvalue weighted by Gasteiger charge is -2.59. The molecular weight excluding hydrogens is 794 g/mol. The Bertz CT molecular complexity index is 1600. The van der Waals surface area contributed by atoms with Gasteiger partial charge in [-0.05, 0) is 112 Å². The van der Waals surface area contributed by atoms with Gasteiger partial charge >= 0.3 is 0 Å². The summed E-state index contributed by atoms with van der Waals surface area (Å²) in [5.41, 5.74) is 1.52. The summed E-state index contributed by atoms with van der Waals surface area (Å²) in [7, 11) is 0. The summed E-state index contributed by atoms with van der Waals surface area (Å²) in [5, 5.41) is 90.1. The highest BCUT2D eigenvalue weighted by Gasteiger charge is 2.68. The molecule has 5 heterocycles. The van der Waals surface area contributed by atoms with Gasteiger partial charge in [-0.15, -0.1) is 0 Å². The molecule has 0 unspecified atom stereocenters. The maximum absolute atomic E-state index is 11.5. The highest BCUT2D eigenvalue weighted by molar-refractivity contribution is 5.26.